The molecular formula is C23H28N4O3S2. The van der Waals surface area contributed by atoms with Gasteiger partial charge in [0, 0.05) is 57.9 Å². The predicted octanol–water partition coefficient (Wildman–Crippen LogP) is 2.93. The number of thiophene rings is 1. The zero-order valence-corrected chi connectivity index (χ0v) is 19.9. The van der Waals surface area contributed by atoms with Crippen molar-refractivity contribution in [2.24, 2.45) is 0 Å². The van der Waals surface area contributed by atoms with E-state index in [1.807, 2.05) is 23.1 Å². The molecule has 0 aliphatic carbocycles. The summed E-state index contributed by atoms with van der Waals surface area (Å²) in [7, 11) is 1.65. The summed E-state index contributed by atoms with van der Waals surface area (Å²) in [6.45, 7) is 5.26. The van der Waals surface area contributed by atoms with E-state index in [0.29, 0.717) is 35.6 Å². The number of aromatic nitrogens is 2. The quantitative estimate of drug-likeness (QED) is 0.271. The van der Waals surface area contributed by atoms with E-state index in [2.05, 4.69) is 22.4 Å². The maximum Gasteiger partial charge on any atom is 0.262 e. The van der Waals surface area contributed by atoms with Crippen molar-refractivity contribution in [1.29, 1.82) is 0 Å². The number of benzene rings is 1. The molecule has 1 aromatic carbocycles. The van der Waals surface area contributed by atoms with Gasteiger partial charge in [0.15, 0.2) is 5.16 Å². The molecule has 0 unspecified atom stereocenters. The Labute approximate surface area is 196 Å². The molecule has 0 radical (unpaired) electrons. The Kier molecular flexibility index (Phi) is 7.96. The van der Waals surface area contributed by atoms with Gasteiger partial charge in [-0.1, -0.05) is 30.0 Å². The average molecular weight is 473 g/mol. The third-order valence-electron chi connectivity index (χ3n) is 5.57. The van der Waals surface area contributed by atoms with Crippen molar-refractivity contribution in [3.8, 4) is 0 Å². The number of rotatable bonds is 9. The van der Waals surface area contributed by atoms with Crippen LogP contribution in [-0.4, -0.2) is 70.9 Å². The van der Waals surface area contributed by atoms with Crippen LogP contribution >= 0.6 is 23.1 Å². The summed E-state index contributed by atoms with van der Waals surface area (Å²) in [5, 5.41) is 3.29. The average Bonchev–Trinajstić information content (AvgIpc) is 3.33. The van der Waals surface area contributed by atoms with Crippen LogP contribution in [-0.2, 0) is 22.6 Å². The second-order valence-electron chi connectivity index (χ2n) is 7.74. The van der Waals surface area contributed by atoms with Crippen LogP contribution in [0.5, 0.6) is 0 Å². The topological polar surface area (TPSA) is 67.7 Å². The number of carbonyl (C=O) groups excluding carboxylic acids is 1. The van der Waals surface area contributed by atoms with E-state index in [1.54, 1.807) is 29.1 Å². The van der Waals surface area contributed by atoms with Crippen LogP contribution in [0.25, 0.3) is 10.9 Å². The van der Waals surface area contributed by atoms with E-state index in [1.165, 1.54) is 16.6 Å². The van der Waals surface area contributed by atoms with Gasteiger partial charge in [-0.15, -0.1) is 11.3 Å². The first-order chi connectivity index (χ1) is 15.7. The maximum atomic E-state index is 13.0. The molecule has 3 aromatic rings. The number of para-hydroxylation sites is 1. The zero-order chi connectivity index (χ0) is 22.3. The second-order valence-corrected chi connectivity index (χ2v) is 9.71. The molecule has 7 nitrogen and oxygen atoms in total. The van der Waals surface area contributed by atoms with Gasteiger partial charge in [0.1, 0.15) is 0 Å². The molecule has 1 aliphatic rings. The van der Waals surface area contributed by atoms with Crippen molar-refractivity contribution in [1.82, 2.24) is 19.4 Å². The van der Waals surface area contributed by atoms with Crippen LogP contribution in [0, 0.1) is 0 Å². The van der Waals surface area contributed by atoms with Crippen molar-refractivity contribution in [2.45, 2.75) is 24.7 Å². The molecule has 0 N–H and O–H groups in total. The molecule has 32 heavy (non-hydrogen) atoms. The zero-order valence-electron chi connectivity index (χ0n) is 18.2. The lowest BCUT2D eigenvalue weighted by Crippen LogP contribution is -2.48. The lowest BCUT2D eigenvalue weighted by atomic mass is 10.2. The number of methoxy groups -OCH3 is 1. The third kappa shape index (κ3) is 5.58. The summed E-state index contributed by atoms with van der Waals surface area (Å²) in [6, 6.07) is 11.6. The molecule has 4 rings (SSSR count). The SMILES string of the molecule is COCCCn1c(SCC(=O)N2CCN(Cc3cccs3)CC2)nc2ccccc2c1=O. The number of hydrogen-bond acceptors (Lipinski definition) is 7. The fraction of sp³-hybridized carbons (Fsp3) is 0.435. The highest BCUT2D eigenvalue weighted by molar-refractivity contribution is 7.99. The van der Waals surface area contributed by atoms with Gasteiger partial charge in [-0.05, 0) is 30.0 Å². The first-order valence-electron chi connectivity index (χ1n) is 10.8. The molecule has 0 atom stereocenters. The highest BCUT2D eigenvalue weighted by atomic mass is 32.2. The molecule has 9 heteroatoms. The van der Waals surface area contributed by atoms with Gasteiger partial charge >= 0.3 is 0 Å². The summed E-state index contributed by atoms with van der Waals surface area (Å²) < 4.78 is 6.82. The molecule has 1 saturated heterocycles. The Hall–Kier alpha value is -2.20. The normalized spacial score (nSPS) is 14.8. The molecular weight excluding hydrogens is 444 g/mol. The first-order valence-corrected chi connectivity index (χ1v) is 12.7. The van der Waals surface area contributed by atoms with Crippen molar-refractivity contribution < 1.29 is 9.53 Å². The van der Waals surface area contributed by atoms with E-state index in [-0.39, 0.29) is 17.2 Å². The Morgan fingerprint density at radius 1 is 1.16 bits per heavy atom. The van der Waals surface area contributed by atoms with Crippen molar-refractivity contribution in [3.63, 3.8) is 0 Å². The number of ether oxygens (including phenoxy) is 1. The molecule has 1 fully saturated rings. The van der Waals surface area contributed by atoms with Gasteiger partial charge in [-0.3, -0.25) is 19.1 Å². The highest BCUT2D eigenvalue weighted by Crippen LogP contribution is 2.20. The molecule has 0 saturated carbocycles. The fourth-order valence-electron chi connectivity index (χ4n) is 3.82. The number of fused-ring (bicyclic) bond motifs is 1. The Bertz CT molecular complexity index is 1090. The summed E-state index contributed by atoms with van der Waals surface area (Å²) >= 11 is 3.12. The molecule has 1 aliphatic heterocycles. The van der Waals surface area contributed by atoms with Crippen molar-refractivity contribution in [3.05, 3.63) is 57.0 Å². The third-order valence-corrected chi connectivity index (χ3v) is 7.39. The second kappa shape index (κ2) is 11.1. The summed E-state index contributed by atoms with van der Waals surface area (Å²) in [5.41, 5.74) is 0.599. The first kappa shape index (κ1) is 23.0. The van der Waals surface area contributed by atoms with Gasteiger partial charge in [-0.2, -0.15) is 0 Å². The van der Waals surface area contributed by atoms with E-state index in [4.69, 9.17) is 9.72 Å². The van der Waals surface area contributed by atoms with Crippen LogP contribution in [0.1, 0.15) is 11.3 Å². The minimum atomic E-state index is -0.0659. The Morgan fingerprint density at radius 3 is 2.72 bits per heavy atom. The van der Waals surface area contributed by atoms with Gasteiger partial charge in [0.2, 0.25) is 5.91 Å². The number of amides is 1. The van der Waals surface area contributed by atoms with E-state index in [9.17, 15) is 9.59 Å². The van der Waals surface area contributed by atoms with Crippen LogP contribution < -0.4 is 5.56 Å². The van der Waals surface area contributed by atoms with Crippen LogP contribution in [0.4, 0.5) is 0 Å². The fourth-order valence-corrected chi connectivity index (χ4v) is 5.49. The minimum absolute atomic E-state index is 0.0659. The van der Waals surface area contributed by atoms with Gasteiger partial charge < -0.3 is 9.64 Å². The lowest BCUT2D eigenvalue weighted by Gasteiger charge is -2.34. The molecule has 1 amide bonds. The molecule has 0 bridgehead atoms. The summed E-state index contributed by atoms with van der Waals surface area (Å²) in [6.07, 6.45) is 0.712. The minimum Gasteiger partial charge on any atom is -0.385 e. The van der Waals surface area contributed by atoms with E-state index < -0.39 is 0 Å². The maximum absolute atomic E-state index is 13.0. The standard InChI is InChI=1S/C23H28N4O3S2/c1-30-14-5-9-27-22(29)19-7-2-3-8-20(19)24-23(27)32-17-21(28)26-12-10-25(11-13-26)16-18-6-4-15-31-18/h2-4,6-8,15H,5,9-14,16-17H2,1H3. The van der Waals surface area contributed by atoms with Gasteiger partial charge in [-0.25, -0.2) is 4.98 Å². The van der Waals surface area contributed by atoms with E-state index >= 15 is 0 Å². The molecule has 3 heterocycles. The van der Waals surface area contributed by atoms with Crippen molar-refractivity contribution in [2.75, 3.05) is 45.6 Å². The van der Waals surface area contributed by atoms with Crippen molar-refractivity contribution >= 4 is 39.9 Å². The lowest BCUT2D eigenvalue weighted by molar-refractivity contribution is -0.130. The number of nitrogens with zero attached hydrogens (tertiary/aromatic N) is 4. The molecule has 170 valence electrons. The summed E-state index contributed by atoms with van der Waals surface area (Å²) in [5.74, 6) is 0.372. The van der Waals surface area contributed by atoms with Gasteiger partial charge in [0.25, 0.3) is 5.56 Å². The van der Waals surface area contributed by atoms with Crippen LogP contribution in [0.15, 0.2) is 51.7 Å². The molecule has 0 spiro atoms. The van der Waals surface area contributed by atoms with E-state index in [0.717, 1.165) is 32.7 Å². The molecule has 2 aromatic heterocycles. The van der Waals surface area contributed by atoms with Crippen LogP contribution in [0.3, 0.4) is 0 Å². The number of piperazine rings is 1. The largest absolute Gasteiger partial charge is 0.385 e. The van der Waals surface area contributed by atoms with Crippen LogP contribution in [0.2, 0.25) is 0 Å². The number of carbonyl (C=O) groups is 1. The Balaban J connectivity index is 1.39. The van der Waals surface area contributed by atoms with Gasteiger partial charge in [0.05, 0.1) is 16.7 Å². The highest BCUT2D eigenvalue weighted by Gasteiger charge is 2.22. The number of hydrogen-bond donors (Lipinski definition) is 0. The number of thioether (sulfide) groups is 1. The Morgan fingerprint density at radius 2 is 1.97 bits per heavy atom. The predicted molar refractivity (Wildman–Crippen MR) is 129 cm³/mol. The smallest absolute Gasteiger partial charge is 0.262 e. The monoisotopic (exact) mass is 472 g/mol. The summed E-state index contributed by atoms with van der Waals surface area (Å²) in [4.78, 5) is 36.3.